The fourth-order valence-corrected chi connectivity index (χ4v) is 4.77. The Morgan fingerprint density at radius 2 is 2.00 bits per heavy atom. The van der Waals surface area contributed by atoms with Crippen molar-refractivity contribution in [1.82, 2.24) is 4.98 Å². The summed E-state index contributed by atoms with van der Waals surface area (Å²) in [4.78, 5) is 26.0. The van der Waals surface area contributed by atoms with Crippen molar-refractivity contribution in [3.05, 3.63) is 70.4 Å². The third kappa shape index (κ3) is 4.72. The summed E-state index contributed by atoms with van der Waals surface area (Å²) in [7, 11) is -2.20. The third-order valence-corrected chi connectivity index (χ3v) is 7.11. The summed E-state index contributed by atoms with van der Waals surface area (Å²) in [6.45, 7) is -0.387. The summed E-state index contributed by atoms with van der Waals surface area (Å²) in [5.74, 6) is -0.259. The second kappa shape index (κ2) is 8.88. The largest absolute Gasteiger partial charge is 0.484 e. The van der Waals surface area contributed by atoms with Crippen LogP contribution >= 0.6 is 11.3 Å². The van der Waals surface area contributed by atoms with Crippen molar-refractivity contribution in [1.29, 1.82) is 0 Å². The zero-order valence-corrected chi connectivity index (χ0v) is 17.2. The molecule has 0 aliphatic carbocycles. The molecule has 1 amide bonds. The minimum atomic E-state index is -3.65. The first-order chi connectivity index (χ1) is 14.3. The first-order valence-electron chi connectivity index (χ1n) is 8.42. The number of rotatable bonds is 8. The number of amides is 1. The number of anilines is 2. The monoisotopic (exact) mass is 448 g/mol. The Balaban J connectivity index is 1.61. The summed E-state index contributed by atoms with van der Waals surface area (Å²) in [5, 5.41) is 15.0. The first-order valence-corrected chi connectivity index (χ1v) is 10.7. The molecule has 0 aliphatic heterocycles. The van der Waals surface area contributed by atoms with E-state index in [4.69, 9.17) is 4.74 Å². The number of benzene rings is 1. The Bertz CT molecular complexity index is 1150. The number of hydrogen-bond donors (Lipinski definition) is 1. The van der Waals surface area contributed by atoms with Crippen LogP contribution in [-0.2, 0) is 14.8 Å². The molecule has 3 aromatic rings. The summed E-state index contributed by atoms with van der Waals surface area (Å²) in [6, 6.07) is 10.6. The van der Waals surface area contributed by atoms with E-state index in [0.717, 1.165) is 21.8 Å². The fourth-order valence-electron chi connectivity index (χ4n) is 2.41. The van der Waals surface area contributed by atoms with Gasteiger partial charge in [0, 0.05) is 13.2 Å². The molecular weight excluding hydrogens is 432 g/mol. The van der Waals surface area contributed by atoms with Gasteiger partial charge in [-0.3, -0.25) is 24.2 Å². The van der Waals surface area contributed by atoms with E-state index < -0.39 is 20.9 Å². The van der Waals surface area contributed by atoms with E-state index in [1.54, 1.807) is 23.6 Å². The lowest BCUT2D eigenvalue weighted by Crippen LogP contribution is -2.25. The van der Waals surface area contributed by atoms with Crippen LogP contribution in [0.1, 0.15) is 0 Å². The molecule has 10 nitrogen and oxygen atoms in total. The smallest absolute Gasteiger partial charge is 0.310 e. The molecule has 1 aromatic carbocycles. The van der Waals surface area contributed by atoms with Crippen molar-refractivity contribution < 1.29 is 22.9 Å². The van der Waals surface area contributed by atoms with Gasteiger partial charge in [-0.05, 0) is 41.8 Å². The molecule has 0 saturated carbocycles. The summed E-state index contributed by atoms with van der Waals surface area (Å²) < 4.78 is 31.8. The van der Waals surface area contributed by atoms with Crippen molar-refractivity contribution in [2.45, 2.75) is 4.21 Å². The highest BCUT2D eigenvalue weighted by Crippen LogP contribution is 2.27. The normalized spacial score (nSPS) is 11.0. The Hall–Kier alpha value is -3.51. The average Bonchev–Trinajstić information content (AvgIpc) is 3.28. The molecule has 0 aliphatic rings. The number of aromatic nitrogens is 1. The quantitative estimate of drug-likeness (QED) is 0.414. The SMILES string of the molecule is CN(c1ccc(OCC(=O)Nc2ccncc2[N+](=O)[O-])cc1)S(=O)(=O)c1cccs1. The molecular formula is C18H16N4O6S2. The molecule has 30 heavy (non-hydrogen) atoms. The lowest BCUT2D eigenvalue weighted by atomic mass is 10.3. The van der Waals surface area contributed by atoms with Crippen molar-refractivity contribution in [3.63, 3.8) is 0 Å². The number of carbonyl (C=O) groups excluding carboxylic acids is 1. The van der Waals surface area contributed by atoms with E-state index in [9.17, 15) is 23.3 Å². The number of carbonyl (C=O) groups is 1. The lowest BCUT2D eigenvalue weighted by Gasteiger charge is -2.18. The zero-order chi connectivity index (χ0) is 21.7. The Kier molecular flexibility index (Phi) is 6.28. The van der Waals surface area contributed by atoms with Crippen molar-refractivity contribution in [3.8, 4) is 5.75 Å². The summed E-state index contributed by atoms with van der Waals surface area (Å²) in [5.41, 5.74) is 0.108. The van der Waals surface area contributed by atoms with Gasteiger partial charge in [-0.15, -0.1) is 11.3 Å². The second-order valence-electron chi connectivity index (χ2n) is 5.89. The van der Waals surface area contributed by atoms with E-state index in [0.29, 0.717) is 11.4 Å². The highest BCUT2D eigenvalue weighted by Gasteiger charge is 2.22. The van der Waals surface area contributed by atoms with Crippen LogP contribution in [-0.4, -0.2) is 37.9 Å². The van der Waals surface area contributed by atoms with Crippen LogP contribution in [0.3, 0.4) is 0 Å². The summed E-state index contributed by atoms with van der Waals surface area (Å²) >= 11 is 1.13. The van der Waals surface area contributed by atoms with Crippen LogP contribution in [0.25, 0.3) is 0 Å². The van der Waals surface area contributed by atoms with Gasteiger partial charge >= 0.3 is 5.69 Å². The molecule has 3 rings (SSSR count). The number of sulfonamides is 1. The highest BCUT2D eigenvalue weighted by atomic mass is 32.2. The van der Waals surface area contributed by atoms with Gasteiger partial charge in [0.15, 0.2) is 6.61 Å². The zero-order valence-electron chi connectivity index (χ0n) is 15.6. The number of nitro groups is 1. The van der Waals surface area contributed by atoms with Gasteiger partial charge in [0.1, 0.15) is 21.8 Å². The van der Waals surface area contributed by atoms with E-state index in [-0.39, 0.29) is 22.2 Å². The Morgan fingerprint density at radius 3 is 2.63 bits per heavy atom. The van der Waals surface area contributed by atoms with Crippen LogP contribution in [0.5, 0.6) is 5.75 Å². The van der Waals surface area contributed by atoms with Crippen LogP contribution in [0.4, 0.5) is 17.1 Å². The number of thiophene rings is 1. The number of ether oxygens (including phenoxy) is 1. The molecule has 1 N–H and O–H groups in total. The van der Waals surface area contributed by atoms with E-state index in [2.05, 4.69) is 10.3 Å². The molecule has 0 fully saturated rings. The molecule has 0 spiro atoms. The molecule has 0 atom stereocenters. The molecule has 156 valence electrons. The fraction of sp³-hybridized carbons (Fsp3) is 0.111. The topological polar surface area (TPSA) is 132 Å². The van der Waals surface area contributed by atoms with Crippen molar-refractivity contribution in [2.24, 2.45) is 0 Å². The van der Waals surface area contributed by atoms with Gasteiger partial charge in [0.25, 0.3) is 15.9 Å². The Labute approximate surface area is 175 Å². The summed E-state index contributed by atoms with van der Waals surface area (Å²) in [6.07, 6.45) is 2.36. The maximum atomic E-state index is 12.5. The van der Waals surface area contributed by atoms with Gasteiger partial charge < -0.3 is 10.1 Å². The minimum absolute atomic E-state index is 0.0133. The predicted molar refractivity (Wildman–Crippen MR) is 111 cm³/mol. The van der Waals surface area contributed by atoms with Crippen LogP contribution in [0, 0.1) is 10.1 Å². The minimum Gasteiger partial charge on any atom is -0.484 e. The maximum Gasteiger partial charge on any atom is 0.310 e. The molecule has 0 unspecified atom stereocenters. The van der Waals surface area contributed by atoms with E-state index in [1.807, 2.05) is 0 Å². The molecule has 12 heteroatoms. The number of nitrogens with zero attached hydrogens (tertiary/aromatic N) is 3. The van der Waals surface area contributed by atoms with Crippen LogP contribution < -0.4 is 14.4 Å². The molecule has 0 bridgehead atoms. The number of hydrogen-bond acceptors (Lipinski definition) is 8. The molecule has 2 aromatic heterocycles. The van der Waals surface area contributed by atoms with Gasteiger partial charge in [0.05, 0.1) is 10.6 Å². The van der Waals surface area contributed by atoms with Gasteiger partial charge in [-0.25, -0.2) is 8.42 Å². The van der Waals surface area contributed by atoms with E-state index >= 15 is 0 Å². The van der Waals surface area contributed by atoms with Gasteiger partial charge in [-0.1, -0.05) is 6.07 Å². The molecule has 0 radical (unpaired) electrons. The standard InChI is InChI=1S/C18H16N4O6S2/c1-21(30(26,27)18-3-2-10-29-18)13-4-6-14(7-5-13)28-12-17(23)20-15-8-9-19-11-16(15)22(24)25/h2-11H,12H2,1H3,(H,19,20,23). The highest BCUT2D eigenvalue weighted by molar-refractivity contribution is 7.94. The molecule has 2 heterocycles. The lowest BCUT2D eigenvalue weighted by molar-refractivity contribution is -0.384. The first kappa shape index (κ1) is 21.2. The maximum absolute atomic E-state index is 12.5. The van der Waals surface area contributed by atoms with Gasteiger partial charge in [-0.2, -0.15) is 0 Å². The van der Waals surface area contributed by atoms with E-state index in [1.165, 1.54) is 37.5 Å². The van der Waals surface area contributed by atoms with Crippen molar-refractivity contribution in [2.75, 3.05) is 23.3 Å². The Morgan fingerprint density at radius 1 is 1.27 bits per heavy atom. The number of nitrogens with one attached hydrogen (secondary N) is 1. The van der Waals surface area contributed by atoms with Crippen molar-refractivity contribution >= 4 is 44.3 Å². The predicted octanol–water partition coefficient (Wildman–Crippen LogP) is 2.89. The molecule has 0 saturated heterocycles. The third-order valence-electron chi connectivity index (χ3n) is 3.95. The van der Waals surface area contributed by atoms with Crippen LogP contribution in [0.2, 0.25) is 0 Å². The van der Waals surface area contributed by atoms with Crippen LogP contribution in [0.15, 0.2) is 64.4 Å². The second-order valence-corrected chi connectivity index (χ2v) is 9.03. The van der Waals surface area contributed by atoms with Gasteiger partial charge in [0.2, 0.25) is 0 Å². The number of pyridine rings is 1. The average molecular weight is 448 g/mol.